The predicted octanol–water partition coefficient (Wildman–Crippen LogP) is 5.90. The zero-order chi connectivity index (χ0) is 23.8. The van der Waals surface area contributed by atoms with E-state index in [0.29, 0.717) is 33.9 Å². The molecule has 5 nitrogen and oxygen atoms in total. The average molecular weight is 501 g/mol. The lowest BCUT2D eigenvalue weighted by Crippen LogP contribution is -2.27. The average Bonchev–Trinajstić information content (AvgIpc) is 3.14. The van der Waals surface area contributed by atoms with Gasteiger partial charge in [-0.15, -0.1) is 0 Å². The van der Waals surface area contributed by atoms with E-state index in [1.54, 1.807) is 36.4 Å². The number of aromatic amines is 1. The van der Waals surface area contributed by atoms with Crippen molar-refractivity contribution in [3.63, 3.8) is 0 Å². The van der Waals surface area contributed by atoms with E-state index in [0.717, 1.165) is 16.7 Å². The van der Waals surface area contributed by atoms with Crippen LogP contribution in [0.2, 0.25) is 10.0 Å². The SMILES string of the molecule is Cc1cc(C)cc(S(=O)(=O)c2c(C(=O)NCCc3ccccc3Cl)[nH]c3ccc(Cl)cc23)c1. The third-order valence-corrected chi connectivity index (χ3v) is 7.77. The van der Waals surface area contributed by atoms with Crippen LogP contribution in [0.3, 0.4) is 0 Å². The van der Waals surface area contributed by atoms with E-state index >= 15 is 0 Å². The van der Waals surface area contributed by atoms with Gasteiger partial charge in [-0.05, 0) is 73.4 Å². The van der Waals surface area contributed by atoms with E-state index in [1.165, 1.54) is 0 Å². The topological polar surface area (TPSA) is 79.0 Å². The van der Waals surface area contributed by atoms with Gasteiger partial charge in [0.2, 0.25) is 9.84 Å². The van der Waals surface area contributed by atoms with Crippen molar-refractivity contribution < 1.29 is 13.2 Å². The van der Waals surface area contributed by atoms with Gasteiger partial charge in [-0.1, -0.05) is 47.5 Å². The fourth-order valence-electron chi connectivity index (χ4n) is 3.88. The van der Waals surface area contributed by atoms with Crippen LogP contribution in [0.4, 0.5) is 0 Å². The molecule has 0 unspecified atom stereocenters. The summed E-state index contributed by atoms with van der Waals surface area (Å²) in [5.41, 5.74) is 3.02. The smallest absolute Gasteiger partial charge is 0.269 e. The minimum Gasteiger partial charge on any atom is -0.350 e. The Morgan fingerprint density at radius 3 is 2.36 bits per heavy atom. The molecule has 0 radical (unpaired) electrons. The number of aromatic nitrogens is 1. The highest BCUT2D eigenvalue weighted by Crippen LogP contribution is 2.34. The van der Waals surface area contributed by atoms with Crippen LogP contribution in [0.15, 0.2) is 70.5 Å². The van der Waals surface area contributed by atoms with Gasteiger partial charge < -0.3 is 10.3 Å². The molecule has 170 valence electrons. The first-order valence-electron chi connectivity index (χ1n) is 10.3. The van der Waals surface area contributed by atoms with Crippen LogP contribution in [0.1, 0.15) is 27.2 Å². The lowest BCUT2D eigenvalue weighted by molar-refractivity contribution is 0.0946. The van der Waals surface area contributed by atoms with Crippen LogP contribution >= 0.6 is 23.2 Å². The van der Waals surface area contributed by atoms with Crippen molar-refractivity contribution in [3.8, 4) is 0 Å². The zero-order valence-corrected chi connectivity index (χ0v) is 20.4. The predicted molar refractivity (Wildman–Crippen MR) is 132 cm³/mol. The molecule has 4 aromatic rings. The number of hydrogen-bond acceptors (Lipinski definition) is 3. The van der Waals surface area contributed by atoms with Crippen LogP contribution < -0.4 is 5.32 Å². The Morgan fingerprint density at radius 1 is 0.970 bits per heavy atom. The first-order chi connectivity index (χ1) is 15.7. The number of rotatable bonds is 6. The largest absolute Gasteiger partial charge is 0.350 e. The van der Waals surface area contributed by atoms with Gasteiger partial charge in [-0.25, -0.2) is 8.42 Å². The van der Waals surface area contributed by atoms with E-state index in [-0.39, 0.29) is 15.5 Å². The van der Waals surface area contributed by atoms with Crippen molar-refractivity contribution >= 4 is 49.8 Å². The lowest BCUT2D eigenvalue weighted by atomic mass is 10.1. The molecular formula is C25H22Cl2N2O3S. The molecule has 0 aliphatic rings. The third-order valence-electron chi connectivity index (χ3n) is 5.35. The summed E-state index contributed by atoms with van der Waals surface area (Å²) in [7, 11) is -4.02. The number of hydrogen-bond donors (Lipinski definition) is 2. The fraction of sp³-hybridized carbons (Fsp3) is 0.160. The maximum atomic E-state index is 13.7. The van der Waals surface area contributed by atoms with E-state index in [9.17, 15) is 13.2 Å². The number of aryl methyl sites for hydroxylation is 2. The van der Waals surface area contributed by atoms with Crippen LogP contribution in [-0.2, 0) is 16.3 Å². The van der Waals surface area contributed by atoms with Crippen molar-refractivity contribution in [2.45, 2.75) is 30.1 Å². The highest BCUT2D eigenvalue weighted by Gasteiger charge is 2.30. The molecule has 0 fully saturated rings. The molecule has 0 bridgehead atoms. The molecule has 2 N–H and O–H groups in total. The summed E-state index contributed by atoms with van der Waals surface area (Å²) in [6.45, 7) is 3.96. The molecule has 8 heteroatoms. The van der Waals surface area contributed by atoms with Gasteiger partial charge in [-0.2, -0.15) is 0 Å². The molecule has 0 aliphatic carbocycles. The summed E-state index contributed by atoms with van der Waals surface area (Å²) in [6, 6.07) is 17.4. The maximum absolute atomic E-state index is 13.7. The highest BCUT2D eigenvalue weighted by atomic mass is 35.5. The molecule has 0 spiro atoms. The number of amides is 1. The van der Waals surface area contributed by atoms with Gasteiger partial charge in [0.15, 0.2) is 0 Å². The number of benzene rings is 3. The van der Waals surface area contributed by atoms with Gasteiger partial charge in [0, 0.05) is 27.5 Å². The highest BCUT2D eigenvalue weighted by molar-refractivity contribution is 7.91. The van der Waals surface area contributed by atoms with Crippen LogP contribution in [0.5, 0.6) is 0 Å². The number of carbonyl (C=O) groups is 1. The summed E-state index contributed by atoms with van der Waals surface area (Å²) in [4.78, 5) is 16.2. The Hall–Kier alpha value is -2.80. The normalized spacial score (nSPS) is 11.6. The molecule has 1 heterocycles. The second-order valence-electron chi connectivity index (χ2n) is 7.94. The van der Waals surface area contributed by atoms with Crippen molar-refractivity contribution in [2.75, 3.05) is 6.54 Å². The monoisotopic (exact) mass is 500 g/mol. The first kappa shape index (κ1) is 23.4. The van der Waals surface area contributed by atoms with Gasteiger partial charge in [0.1, 0.15) is 10.6 Å². The molecule has 0 saturated heterocycles. The molecule has 4 rings (SSSR count). The summed E-state index contributed by atoms with van der Waals surface area (Å²) in [5.74, 6) is -0.516. The molecule has 1 aromatic heterocycles. The zero-order valence-electron chi connectivity index (χ0n) is 18.1. The standard InChI is InChI=1S/C25H22Cl2N2O3S/c1-15-11-16(2)13-19(12-15)33(31,32)24-20-14-18(26)7-8-22(20)29-23(24)25(30)28-10-9-17-5-3-4-6-21(17)27/h3-8,11-14,29H,9-10H2,1-2H3,(H,28,30). The van der Waals surface area contributed by atoms with Crippen LogP contribution in [0.25, 0.3) is 10.9 Å². The Kier molecular flexibility index (Phi) is 6.52. The molecule has 3 aromatic carbocycles. The van der Waals surface area contributed by atoms with Gasteiger partial charge >= 0.3 is 0 Å². The van der Waals surface area contributed by atoms with Crippen molar-refractivity contribution in [1.29, 1.82) is 0 Å². The van der Waals surface area contributed by atoms with Crippen molar-refractivity contribution in [3.05, 3.63) is 93.1 Å². The Labute approximate surface area is 202 Å². The second kappa shape index (κ2) is 9.21. The summed E-state index contributed by atoms with van der Waals surface area (Å²) in [6.07, 6.45) is 0.511. The summed E-state index contributed by atoms with van der Waals surface area (Å²) < 4.78 is 27.5. The minimum absolute atomic E-state index is 0.0226. The number of H-pyrrole nitrogens is 1. The Morgan fingerprint density at radius 2 is 1.67 bits per heavy atom. The van der Waals surface area contributed by atoms with Crippen molar-refractivity contribution in [1.82, 2.24) is 10.3 Å². The quantitative estimate of drug-likeness (QED) is 0.346. The van der Waals surface area contributed by atoms with Gasteiger partial charge in [0.25, 0.3) is 5.91 Å². The minimum atomic E-state index is -4.02. The van der Waals surface area contributed by atoms with E-state index in [2.05, 4.69) is 10.3 Å². The third kappa shape index (κ3) is 4.78. The van der Waals surface area contributed by atoms with E-state index < -0.39 is 15.7 Å². The molecule has 33 heavy (non-hydrogen) atoms. The number of carbonyl (C=O) groups excluding carboxylic acids is 1. The van der Waals surface area contributed by atoms with E-state index in [1.807, 2.05) is 38.1 Å². The van der Waals surface area contributed by atoms with Crippen molar-refractivity contribution in [2.24, 2.45) is 0 Å². The number of fused-ring (bicyclic) bond motifs is 1. The van der Waals surface area contributed by atoms with Crippen LogP contribution in [0, 0.1) is 13.8 Å². The molecular weight excluding hydrogens is 479 g/mol. The summed E-state index contributed by atoms with van der Waals surface area (Å²) in [5, 5.41) is 4.18. The molecule has 0 saturated carbocycles. The molecule has 1 amide bonds. The first-order valence-corrected chi connectivity index (χ1v) is 12.6. The number of nitrogens with one attached hydrogen (secondary N) is 2. The summed E-state index contributed by atoms with van der Waals surface area (Å²) >= 11 is 12.4. The Balaban J connectivity index is 1.75. The second-order valence-corrected chi connectivity index (χ2v) is 10.7. The maximum Gasteiger partial charge on any atom is 0.269 e. The van der Waals surface area contributed by atoms with Crippen LogP contribution in [-0.4, -0.2) is 25.9 Å². The molecule has 0 aliphatic heterocycles. The number of sulfone groups is 1. The van der Waals surface area contributed by atoms with E-state index in [4.69, 9.17) is 23.2 Å². The fourth-order valence-corrected chi connectivity index (χ4v) is 6.08. The molecule has 0 atom stereocenters. The number of halogens is 2. The Bertz CT molecular complexity index is 1460. The van der Waals surface area contributed by atoms with Gasteiger partial charge in [-0.3, -0.25) is 4.79 Å². The van der Waals surface area contributed by atoms with Gasteiger partial charge in [0.05, 0.1) is 4.90 Å². The lowest BCUT2D eigenvalue weighted by Gasteiger charge is -2.10.